The SMILES string of the molecule is Cc1ccc(C(C)NC(=O)CCCN(c2ccc(F)cc2)S(C)(=O)=O)cc1C. The number of halogens is 1. The molecule has 0 heterocycles. The van der Waals surface area contributed by atoms with E-state index in [-0.39, 0.29) is 24.9 Å². The van der Waals surface area contributed by atoms with Crippen molar-refractivity contribution in [3.63, 3.8) is 0 Å². The molecule has 5 nitrogen and oxygen atoms in total. The highest BCUT2D eigenvalue weighted by atomic mass is 32.2. The van der Waals surface area contributed by atoms with Crippen LogP contribution in [-0.4, -0.2) is 27.1 Å². The van der Waals surface area contributed by atoms with Gasteiger partial charge in [-0.25, -0.2) is 12.8 Å². The van der Waals surface area contributed by atoms with Crippen LogP contribution in [0.4, 0.5) is 10.1 Å². The fraction of sp³-hybridized carbons (Fsp3) is 0.381. The minimum atomic E-state index is -3.52. The fourth-order valence-corrected chi connectivity index (χ4v) is 3.87. The third kappa shape index (κ3) is 6.05. The number of rotatable bonds is 8. The van der Waals surface area contributed by atoms with E-state index in [1.54, 1.807) is 0 Å². The normalized spacial score (nSPS) is 12.5. The number of hydrogen-bond acceptors (Lipinski definition) is 3. The predicted octanol–water partition coefficient (Wildman–Crippen LogP) is 3.87. The number of benzene rings is 2. The second kappa shape index (κ2) is 9.19. The van der Waals surface area contributed by atoms with Crippen molar-refractivity contribution in [2.45, 2.75) is 39.7 Å². The van der Waals surface area contributed by atoms with Crippen molar-refractivity contribution in [2.75, 3.05) is 17.1 Å². The van der Waals surface area contributed by atoms with Gasteiger partial charge in [0.25, 0.3) is 0 Å². The smallest absolute Gasteiger partial charge is 0.232 e. The lowest BCUT2D eigenvalue weighted by atomic mass is 10.0. The molecule has 0 bridgehead atoms. The van der Waals surface area contributed by atoms with E-state index in [2.05, 4.69) is 11.4 Å². The second-order valence-corrected chi connectivity index (χ2v) is 8.95. The summed E-state index contributed by atoms with van der Waals surface area (Å²) in [6.45, 7) is 6.14. The van der Waals surface area contributed by atoms with Crippen LogP contribution in [-0.2, 0) is 14.8 Å². The number of amides is 1. The zero-order valence-corrected chi connectivity index (χ0v) is 17.5. The van der Waals surface area contributed by atoms with Crippen molar-refractivity contribution >= 4 is 21.6 Å². The molecule has 1 atom stereocenters. The van der Waals surface area contributed by atoms with Crippen molar-refractivity contribution < 1.29 is 17.6 Å². The number of hydrogen-bond donors (Lipinski definition) is 1. The Morgan fingerprint density at radius 3 is 2.32 bits per heavy atom. The Morgan fingerprint density at radius 1 is 1.11 bits per heavy atom. The van der Waals surface area contributed by atoms with E-state index in [9.17, 15) is 17.6 Å². The Morgan fingerprint density at radius 2 is 1.75 bits per heavy atom. The molecule has 28 heavy (non-hydrogen) atoms. The standard InChI is InChI=1S/C21H27FN2O3S/c1-15-7-8-18(14-16(15)2)17(3)23-21(25)6-5-13-24(28(4,26)27)20-11-9-19(22)10-12-20/h7-12,14,17H,5-6,13H2,1-4H3,(H,23,25). The number of sulfonamides is 1. The highest BCUT2D eigenvalue weighted by molar-refractivity contribution is 7.92. The van der Waals surface area contributed by atoms with Crippen LogP contribution in [0, 0.1) is 19.7 Å². The maximum absolute atomic E-state index is 13.1. The number of anilines is 1. The van der Waals surface area contributed by atoms with E-state index >= 15 is 0 Å². The van der Waals surface area contributed by atoms with Gasteiger partial charge in [-0.15, -0.1) is 0 Å². The average molecular weight is 407 g/mol. The van der Waals surface area contributed by atoms with Gasteiger partial charge in [-0.2, -0.15) is 0 Å². The van der Waals surface area contributed by atoms with E-state index in [1.807, 2.05) is 32.9 Å². The number of nitrogens with zero attached hydrogens (tertiary/aromatic N) is 1. The molecule has 0 aliphatic heterocycles. The number of nitrogens with one attached hydrogen (secondary N) is 1. The molecule has 0 saturated heterocycles. The molecule has 0 radical (unpaired) electrons. The molecular formula is C21H27FN2O3S. The number of aryl methyl sites for hydroxylation is 2. The molecule has 0 aliphatic carbocycles. The Balaban J connectivity index is 1.93. The summed E-state index contributed by atoms with van der Waals surface area (Å²) in [5.74, 6) is -0.574. The molecule has 2 rings (SSSR count). The molecule has 7 heteroatoms. The molecule has 2 aromatic carbocycles. The lowest BCUT2D eigenvalue weighted by Crippen LogP contribution is -2.32. The molecule has 1 amide bonds. The summed E-state index contributed by atoms with van der Waals surface area (Å²) in [7, 11) is -3.52. The van der Waals surface area contributed by atoms with Gasteiger partial charge < -0.3 is 5.32 Å². The molecule has 152 valence electrons. The van der Waals surface area contributed by atoms with Crippen LogP contribution < -0.4 is 9.62 Å². The predicted molar refractivity (Wildman–Crippen MR) is 110 cm³/mol. The van der Waals surface area contributed by atoms with Gasteiger partial charge in [0.15, 0.2) is 0 Å². The van der Waals surface area contributed by atoms with Gasteiger partial charge in [0, 0.05) is 13.0 Å². The van der Waals surface area contributed by atoms with Gasteiger partial charge in [-0.3, -0.25) is 9.10 Å². The van der Waals surface area contributed by atoms with Gasteiger partial charge in [0.05, 0.1) is 18.0 Å². The van der Waals surface area contributed by atoms with Crippen LogP contribution in [0.5, 0.6) is 0 Å². The van der Waals surface area contributed by atoms with Crippen LogP contribution in [0.2, 0.25) is 0 Å². The van der Waals surface area contributed by atoms with E-state index in [0.29, 0.717) is 12.1 Å². The van der Waals surface area contributed by atoms with Crippen molar-refractivity contribution in [1.82, 2.24) is 5.32 Å². The van der Waals surface area contributed by atoms with Crippen LogP contribution in [0.15, 0.2) is 42.5 Å². The topological polar surface area (TPSA) is 66.5 Å². The largest absolute Gasteiger partial charge is 0.350 e. The molecule has 1 unspecified atom stereocenters. The minimum absolute atomic E-state index is 0.130. The Kier molecular flexibility index (Phi) is 7.18. The van der Waals surface area contributed by atoms with Gasteiger partial charge in [-0.1, -0.05) is 18.2 Å². The monoisotopic (exact) mass is 406 g/mol. The third-order valence-corrected chi connectivity index (χ3v) is 5.88. The van der Waals surface area contributed by atoms with E-state index < -0.39 is 15.8 Å². The highest BCUT2D eigenvalue weighted by Gasteiger charge is 2.18. The lowest BCUT2D eigenvalue weighted by molar-refractivity contribution is -0.121. The van der Waals surface area contributed by atoms with Gasteiger partial charge >= 0.3 is 0 Å². The summed E-state index contributed by atoms with van der Waals surface area (Å²) in [5, 5.41) is 2.95. The molecular weight excluding hydrogens is 379 g/mol. The second-order valence-electron chi connectivity index (χ2n) is 7.05. The van der Waals surface area contributed by atoms with Crippen molar-refractivity contribution in [1.29, 1.82) is 0 Å². The van der Waals surface area contributed by atoms with Crippen molar-refractivity contribution in [2.24, 2.45) is 0 Å². The Bertz CT molecular complexity index is 927. The average Bonchev–Trinajstić information content (AvgIpc) is 2.61. The third-order valence-electron chi connectivity index (χ3n) is 4.69. The number of carbonyl (C=O) groups excluding carboxylic acids is 1. The van der Waals surface area contributed by atoms with Crippen molar-refractivity contribution in [3.8, 4) is 0 Å². The summed E-state index contributed by atoms with van der Waals surface area (Å²) < 4.78 is 38.4. The summed E-state index contributed by atoms with van der Waals surface area (Å²) in [6, 6.07) is 11.2. The van der Waals surface area contributed by atoms with E-state index in [1.165, 1.54) is 39.7 Å². The minimum Gasteiger partial charge on any atom is -0.350 e. The highest BCUT2D eigenvalue weighted by Crippen LogP contribution is 2.19. The van der Waals surface area contributed by atoms with Gasteiger partial charge in [0.1, 0.15) is 5.82 Å². The van der Waals surface area contributed by atoms with Gasteiger partial charge in [0.2, 0.25) is 15.9 Å². The van der Waals surface area contributed by atoms with Crippen LogP contribution in [0.25, 0.3) is 0 Å². The molecule has 0 fully saturated rings. The lowest BCUT2D eigenvalue weighted by Gasteiger charge is -2.22. The zero-order valence-electron chi connectivity index (χ0n) is 16.7. The van der Waals surface area contributed by atoms with Crippen LogP contribution in [0.3, 0.4) is 0 Å². The first-order valence-corrected chi connectivity index (χ1v) is 11.0. The molecule has 1 N–H and O–H groups in total. The molecule has 0 saturated carbocycles. The molecule has 0 spiro atoms. The summed E-state index contributed by atoms with van der Waals surface area (Å²) in [5.41, 5.74) is 3.78. The fourth-order valence-electron chi connectivity index (χ4n) is 2.91. The maximum atomic E-state index is 13.1. The van der Waals surface area contributed by atoms with E-state index in [0.717, 1.165) is 11.8 Å². The van der Waals surface area contributed by atoms with Crippen LogP contribution in [0.1, 0.15) is 42.5 Å². The summed E-state index contributed by atoms with van der Waals surface area (Å²) >= 11 is 0. The summed E-state index contributed by atoms with van der Waals surface area (Å²) in [4.78, 5) is 12.3. The summed E-state index contributed by atoms with van der Waals surface area (Å²) in [6.07, 6.45) is 1.65. The maximum Gasteiger partial charge on any atom is 0.232 e. The van der Waals surface area contributed by atoms with Gasteiger partial charge in [-0.05, 0) is 68.1 Å². The molecule has 0 aromatic heterocycles. The Hall–Kier alpha value is -2.41. The molecule has 0 aliphatic rings. The first-order chi connectivity index (χ1) is 13.1. The molecule has 2 aromatic rings. The van der Waals surface area contributed by atoms with Crippen molar-refractivity contribution in [3.05, 3.63) is 65.0 Å². The quantitative estimate of drug-likeness (QED) is 0.724. The zero-order chi connectivity index (χ0) is 20.9. The van der Waals surface area contributed by atoms with Crippen LogP contribution >= 0.6 is 0 Å². The first-order valence-electron chi connectivity index (χ1n) is 9.17. The first kappa shape index (κ1) is 21.9. The number of carbonyl (C=O) groups is 1. The Labute approximate surface area is 166 Å². The van der Waals surface area contributed by atoms with E-state index in [4.69, 9.17) is 0 Å².